The summed E-state index contributed by atoms with van der Waals surface area (Å²) in [6, 6.07) is 0.651. The Bertz CT molecular complexity index is 226. The van der Waals surface area contributed by atoms with Gasteiger partial charge in [0.05, 0.1) is 13.2 Å². The molecule has 0 aliphatic carbocycles. The highest BCUT2D eigenvalue weighted by atomic mass is 16.5. The fraction of sp³-hybridized carbons (Fsp3) is 1.00. The van der Waals surface area contributed by atoms with Gasteiger partial charge in [-0.3, -0.25) is 4.90 Å². The second-order valence-corrected chi connectivity index (χ2v) is 5.79. The Balaban J connectivity index is 1.96. The summed E-state index contributed by atoms with van der Waals surface area (Å²) in [5, 5.41) is 9.59. The molecule has 2 heterocycles. The van der Waals surface area contributed by atoms with Gasteiger partial charge in [-0.15, -0.1) is 0 Å². The quantitative estimate of drug-likeness (QED) is 0.793. The third-order valence-electron chi connectivity index (χ3n) is 4.56. The molecule has 2 fully saturated rings. The summed E-state index contributed by atoms with van der Waals surface area (Å²) in [6.45, 7) is 8.69. The molecule has 2 rings (SSSR count). The molecular weight excluding hydrogens is 202 g/mol. The van der Waals surface area contributed by atoms with Crippen molar-refractivity contribution in [1.29, 1.82) is 0 Å². The first-order valence-corrected chi connectivity index (χ1v) is 6.59. The minimum atomic E-state index is 0.0192. The highest BCUT2D eigenvalue weighted by molar-refractivity contribution is 4.89. The number of nitrogens with zero attached hydrogens (tertiary/aromatic N) is 1. The van der Waals surface area contributed by atoms with Gasteiger partial charge in [-0.25, -0.2) is 0 Å². The van der Waals surface area contributed by atoms with Crippen molar-refractivity contribution < 1.29 is 9.84 Å². The van der Waals surface area contributed by atoms with Crippen LogP contribution in [0.25, 0.3) is 0 Å². The summed E-state index contributed by atoms with van der Waals surface area (Å²) >= 11 is 0. The van der Waals surface area contributed by atoms with Crippen LogP contribution in [0.15, 0.2) is 0 Å². The first-order chi connectivity index (χ1) is 7.67. The number of hydrogen-bond donors (Lipinski definition) is 1. The molecule has 3 atom stereocenters. The van der Waals surface area contributed by atoms with Crippen molar-refractivity contribution in [3.05, 3.63) is 0 Å². The van der Waals surface area contributed by atoms with Gasteiger partial charge in [0.1, 0.15) is 0 Å². The Labute approximate surface area is 98.8 Å². The first-order valence-electron chi connectivity index (χ1n) is 6.59. The first kappa shape index (κ1) is 12.3. The van der Waals surface area contributed by atoms with E-state index in [9.17, 15) is 5.11 Å². The van der Waals surface area contributed by atoms with E-state index in [1.165, 1.54) is 19.4 Å². The van der Waals surface area contributed by atoms with Crippen molar-refractivity contribution in [1.82, 2.24) is 4.90 Å². The van der Waals surface area contributed by atoms with Crippen LogP contribution in [0.3, 0.4) is 0 Å². The van der Waals surface area contributed by atoms with Gasteiger partial charge < -0.3 is 9.84 Å². The van der Waals surface area contributed by atoms with Crippen molar-refractivity contribution in [3.8, 4) is 0 Å². The molecule has 0 saturated carbocycles. The number of aliphatic hydroxyl groups excluding tert-OH is 1. The highest BCUT2D eigenvalue weighted by Crippen LogP contribution is 2.32. The molecule has 0 aromatic heterocycles. The fourth-order valence-electron chi connectivity index (χ4n) is 3.02. The van der Waals surface area contributed by atoms with E-state index in [2.05, 4.69) is 18.7 Å². The molecule has 0 bridgehead atoms. The van der Waals surface area contributed by atoms with E-state index in [1.54, 1.807) is 0 Å². The second kappa shape index (κ2) is 5.03. The van der Waals surface area contributed by atoms with Crippen molar-refractivity contribution in [2.24, 2.45) is 11.3 Å². The van der Waals surface area contributed by atoms with E-state index in [0.717, 1.165) is 32.1 Å². The van der Waals surface area contributed by atoms with E-state index in [1.807, 2.05) is 0 Å². The summed E-state index contributed by atoms with van der Waals surface area (Å²) in [6.07, 6.45) is 3.66. The largest absolute Gasteiger partial charge is 0.396 e. The molecule has 0 amide bonds. The predicted octanol–water partition coefficient (Wildman–Crippen LogP) is 1.51. The van der Waals surface area contributed by atoms with E-state index < -0.39 is 0 Å². The molecule has 2 aliphatic heterocycles. The number of aliphatic hydroxyl groups is 1. The lowest BCUT2D eigenvalue weighted by atomic mass is 9.84. The van der Waals surface area contributed by atoms with E-state index in [0.29, 0.717) is 6.04 Å². The monoisotopic (exact) mass is 227 g/mol. The van der Waals surface area contributed by atoms with Gasteiger partial charge >= 0.3 is 0 Å². The minimum absolute atomic E-state index is 0.0192. The molecule has 16 heavy (non-hydrogen) atoms. The molecule has 0 spiro atoms. The van der Waals surface area contributed by atoms with Gasteiger partial charge in [0, 0.05) is 24.6 Å². The topological polar surface area (TPSA) is 32.7 Å². The molecule has 0 radical (unpaired) electrons. The van der Waals surface area contributed by atoms with Crippen molar-refractivity contribution in [2.45, 2.75) is 39.2 Å². The lowest BCUT2D eigenvalue weighted by Crippen LogP contribution is -2.49. The molecule has 3 nitrogen and oxygen atoms in total. The molecule has 0 aromatic carbocycles. The lowest BCUT2D eigenvalue weighted by molar-refractivity contribution is 0.0194. The number of piperidine rings is 1. The molecule has 3 unspecified atom stereocenters. The van der Waals surface area contributed by atoms with Crippen LogP contribution in [0.5, 0.6) is 0 Å². The molecule has 94 valence electrons. The van der Waals surface area contributed by atoms with Crippen LogP contribution in [0, 0.1) is 11.3 Å². The lowest BCUT2D eigenvalue weighted by Gasteiger charge is -2.42. The molecule has 0 aromatic rings. The van der Waals surface area contributed by atoms with Crippen LogP contribution in [0.1, 0.15) is 33.1 Å². The second-order valence-electron chi connectivity index (χ2n) is 5.79. The Morgan fingerprint density at radius 3 is 2.88 bits per heavy atom. The zero-order valence-electron chi connectivity index (χ0n) is 10.6. The molecule has 3 heteroatoms. The average molecular weight is 227 g/mol. The van der Waals surface area contributed by atoms with Crippen LogP contribution in [-0.4, -0.2) is 49.0 Å². The zero-order chi connectivity index (χ0) is 11.6. The van der Waals surface area contributed by atoms with Gasteiger partial charge in [0.2, 0.25) is 0 Å². The fourth-order valence-corrected chi connectivity index (χ4v) is 3.02. The summed E-state index contributed by atoms with van der Waals surface area (Å²) in [7, 11) is 0. The minimum Gasteiger partial charge on any atom is -0.396 e. The molecule has 2 aliphatic rings. The van der Waals surface area contributed by atoms with Crippen LogP contribution < -0.4 is 0 Å². The average Bonchev–Trinajstić information content (AvgIpc) is 2.74. The molecule has 2 saturated heterocycles. The van der Waals surface area contributed by atoms with Crippen LogP contribution in [0.4, 0.5) is 0 Å². The Hall–Kier alpha value is -0.120. The predicted molar refractivity (Wildman–Crippen MR) is 64.4 cm³/mol. The maximum absolute atomic E-state index is 9.59. The third kappa shape index (κ3) is 2.41. The van der Waals surface area contributed by atoms with Crippen LogP contribution in [0.2, 0.25) is 0 Å². The van der Waals surface area contributed by atoms with Crippen molar-refractivity contribution >= 4 is 0 Å². The van der Waals surface area contributed by atoms with Crippen molar-refractivity contribution in [3.63, 3.8) is 0 Å². The number of ether oxygens (including phenoxy) is 1. The third-order valence-corrected chi connectivity index (χ3v) is 4.56. The van der Waals surface area contributed by atoms with E-state index in [4.69, 9.17) is 4.74 Å². The standard InChI is InChI=1S/C13H25NO2/c1-11-4-3-6-14(12(11)2)8-13(9-15)5-7-16-10-13/h11-12,15H,3-10H2,1-2H3. The van der Waals surface area contributed by atoms with Crippen molar-refractivity contribution in [2.75, 3.05) is 32.9 Å². The van der Waals surface area contributed by atoms with E-state index >= 15 is 0 Å². The maximum Gasteiger partial charge on any atom is 0.0557 e. The smallest absolute Gasteiger partial charge is 0.0557 e. The zero-order valence-corrected chi connectivity index (χ0v) is 10.6. The number of rotatable bonds is 3. The summed E-state index contributed by atoms with van der Waals surface area (Å²) in [4.78, 5) is 2.55. The van der Waals surface area contributed by atoms with Crippen LogP contribution in [-0.2, 0) is 4.74 Å². The Kier molecular flexibility index (Phi) is 3.88. The normalized spacial score (nSPS) is 41.4. The SMILES string of the molecule is CC1CCCN(CC2(CO)CCOC2)C1C. The molecule has 1 N–H and O–H groups in total. The number of likely N-dealkylation sites (tertiary alicyclic amines) is 1. The summed E-state index contributed by atoms with van der Waals surface area (Å²) in [5.74, 6) is 0.784. The van der Waals surface area contributed by atoms with Gasteiger partial charge in [-0.2, -0.15) is 0 Å². The number of hydrogen-bond acceptors (Lipinski definition) is 3. The highest BCUT2D eigenvalue weighted by Gasteiger charge is 2.38. The van der Waals surface area contributed by atoms with Gasteiger partial charge in [-0.05, 0) is 38.6 Å². The summed E-state index contributed by atoms with van der Waals surface area (Å²) in [5.41, 5.74) is 0.0192. The van der Waals surface area contributed by atoms with Gasteiger partial charge in [-0.1, -0.05) is 6.92 Å². The Morgan fingerprint density at radius 2 is 2.25 bits per heavy atom. The maximum atomic E-state index is 9.59. The molecular formula is C13H25NO2. The van der Waals surface area contributed by atoms with Gasteiger partial charge in [0.15, 0.2) is 0 Å². The van der Waals surface area contributed by atoms with E-state index in [-0.39, 0.29) is 12.0 Å². The Morgan fingerprint density at radius 1 is 1.44 bits per heavy atom. The van der Waals surface area contributed by atoms with Crippen LogP contribution >= 0.6 is 0 Å². The van der Waals surface area contributed by atoms with Gasteiger partial charge in [0.25, 0.3) is 0 Å². The summed E-state index contributed by atoms with van der Waals surface area (Å²) < 4.78 is 5.47.